The number of aliphatic imine (C=N–C) groups is 1. The minimum atomic E-state index is -0.203. The highest BCUT2D eigenvalue weighted by Gasteiger charge is 2.33. The maximum atomic E-state index is 12.4. The van der Waals surface area contributed by atoms with Crippen LogP contribution in [-0.2, 0) is 9.47 Å². The summed E-state index contributed by atoms with van der Waals surface area (Å²) in [6, 6.07) is 3.43. The van der Waals surface area contributed by atoms with Crippen molar-refractivity contribution in [2.24, 2.45) is 4.99 Å². The lowest BCUT2D eigenvalue weighted by Crippen LogP contribution is -2.56. The summed E-state index contributed by atoms with van der Waals surface area (Å²) in [6.07, 6.45) is 3.27. The Kier molecular flexibility index (Phi) is 8.36. The molecule has 0 spiro atoms. The molecule has 2 aliphatic rings. The van der Waals surface area contributed by atoms with E-state index in [-0.39, 0.29) is 35.5 Å². The lowest BCUT2D eigenvalue weighted by molar-refractivity contribution is -0.0858. The molecular formula is C18H29IN4O4. The van der Waals surface area contributed by atoms with Crippen molar-refractivity contribution in [3.8, 4) is 0 Å². The number of guanidine groups is 1. The maximum Gasteiger partial charge on any atom is 0.289 e. The normalized spacial score (nSPS) is 20.1. The molecule has 9 heteroatoms. The van der Waals surface area contributed by atoms with Crippen LogP contribution in [0.4, 0.5) is 0 Å². The number of ether oxygens (including phenoxy) is 2. The Morgan fingerprint density at radius 1 is 1.26 bits per heavy atom. The van der Waals surface area contributed by atoms with E-state index >= 15 is 0 Å². The monoisotopic (exact) mass is 492 g/mol. The van der Waals surface area contributed by atoms with Crippen LogP contribution in [0.3, 0.4) is 0 Å². The molecule has 0 aromatic carbocycles. The number of hydrogen-bond acceptors (Lipinski definition) is 5. The van der Waals surface area contributed by atoms with Gasteiger partial charge < -0.3 is 29.0 Å². The van der Waals surface area contributed by atoms with E-state index in [2.05, 4.69) is 15.2 Å². The summed E-state index contributed by atoms with van der Waals surface area (Å²) in [7, 11) is 3.54. The second-order valence-electron chi connectivity index (χ2n) is 6.66. The molecule has 1 aromatic heterocycles. The number of halogens is 1. The molecule has 2 aliphatic heterocycles. The summed E-state index contributed by atoms with van der Waals surface area (Å²) < 4.78 is 16.4. The van der Waals surface area contributed by atoms with Gasteiger partial charge in [-0.05, 0) is 12.1 Å². The van der Waals surface area contributed by atoms with Crippen molar-refractivity contribution < 1.29 is 18.7 Å². The van der Waals surface area contributed by atoms with Crippen molar-refractivity contribution in [1.82, 2.24) is 15.1 Å². The molecule has 2 fully saturated rings. The third-order valence-electron chi connectivity index (χ3n) is 5.22. The smallest absolute Gasteiger partial charge is 0.289 e. The van der Waals surface area contributed by atoms with E-state index in [0.29, 0.717) is 25.4 Å². The first-order chi connectivity index (χ1) is 12.7. The van der Waals surface area contributed by atoms with Crippen molar-refractivity contribution in [3.05, 3.63) is 24.2 Å². The standard InChI is InChI=1S/C18H28N4O4.HI/c1-19-17(20-14-18(24-2)5-12-25-13-6-18)22-9-7-21(8-10-22)16(23)15-4-3-11-26-15;/h3-4,11H,5-10,12-14H2,1-2H3,(H,19,20);1H. The van der Waals surface area contributed by atoms with Crippen LogP contribution in [0.1, 0.15) is 23.4 Å². The summed E-state index contributed by atoms with van der Waals surface area (Å²) in [6.45, 7) is 4.89. The fraction of sp³-hybridized carbons (Fsp3) is 0.667. The molecule has 27 heavy (non-hydrogen) atoms. The molecule has 0 saturated carbocycles. The number of carbonyl (C=O) groups is 1. The van der Waals surface area contributed by atoms with Gasteiger partial charge in [0.15, 0.2) is 11.7 Å². The van der Waals surface area contributed by atoms with Crippen molar-refractivity contribution in [2.45, 2.75) is 18.4 Å². The predicted octanol–water partition coefficient (Wildman–Crippen LogP) is 1.43. The zero-order chi connectivity index (χ0) is 18.4. The molecule has 3 rings (SSSR count). The molecular weight excluding hydrogens is 463 g/mol. The van der Waals surface area contributed by atoms with Crippen molar-refractivity contribution >= 4 is 35.8 Å². The largest absolute Gasteiger partial charge is 0.459 e. The average Bonchev–Trinajstić information content (AvgIpc) is 3.24. The van der Waals surface area contributed by atoms with Crippen LogP contribution in [0.15, 0.2) is 27.8 Å². The Balaban J connectivity index is 0.00000261. The highest BCUT2D eigenvalue weighted by Crippen LogP contribution is 2.23. The molecule has 0 bridgehead atoms. The zero-order valence-corrected chi connectivity index (χ0v) is 18.3. The van der Waals surface area contributed by atoms with Gasteiger partial charge in [-0.1, -0.05) is 0 Å². The summed E-state index contributed by atoms with van der Waals surface area (Å²) in [4.78, 5) is 20.8. The van der Waals surface area contributed by atoms with Gasteiger partial charge in [-0.3, -0.25) is 9.79 Å². The van der Waals surface area contributed by atoms with Gasteiger partial charge in [-0.15, -0.1) is 24.0 Å². The Bertz CT molecular complexity index is 609. The number of carbonyl (C=O) groups excluding carboxylic acids is 1. The quantitative estimate of drug-likeness (QED) is 0.389. The minimum Gasteiger partial charge on any atom is -0.459 e. The van der Waals surface area contributed by atoms with Gasteiger partial charge in [0, 0.05) is 72.9 Å². The Morgan fingerprint density at radius 2 is 1.93 bits per heavy atom. The van der Waals surface area contributed by atoms with Crippen LogP contribution >= 0.6 is 24.0 Å². The van der Waals surface area contributed by atoms with Gasteiger partial charge in [0.05, 0.1) is 11.9 Å². The number of hydrogen-bond donors (Lipinski definition) is 1. The Hall–Kier alpha value is -1.33. The van der Waals surface area contributed by atoms with Crippen molar-refractivity contribution in [1.29, 1.82) is 0 Å². The van der Waals surface area contributed by atoms with Crippen LogP contribution in [0, 0.1) is 0 Å². The lowest BCUT2D eigenvalue weighted by Gasteiger charge is -2.39. The van der Waals surface area contributed by atoms with Gasteiger partial charge in [0.1, 0.15) is 0 Å². The second-order valence-corrected chi connectivity index (χ2v) is 6.66. The lowest BCUT2D eigenvalue weighted by atomic mass is 9.94. The van der Waals surface area contributed by atoms with E-state index < -0.39 is 0 Å². The van der Waals surface area contributed by atoms with Crippen LogP contribution in [0.2, 0.25) is 0 Å². The Morgan fingerprint density at radius 3 is 2.48 bits per heavy atom. The SMILES string of the molecule is CN=C(NCC1(OC)CCOCC1)N1CCN(C(=O)c2ccco2)CC1.I. The van der Waals surface area contributed by atoms with Crippen LogP contribution < -0.4 is 5.32 Å². The molecule has 0 aliphatic carbocycles. The topological polar surface area (TPSA) is 79.5 Å². The van der Waals surface area contributed by atoms with Gasteiger partial charge in [-0.2, -0.15) is 0 Å². The first kappa shape index (κ1) is 22.0. The molecule has 3 heterocycles. The summed E-state index contributed by atoms with van der Waals surface area (Å²) in [5.74, 6) is 1.18. The maximum absolute atomic E-state index is 12.4. The fourth-order valence-electron chi connectivity index (χ4n) is 3.45. The zero-order valence-electron chi connectivity index (χ0n) is 16.0. The molecule has 0 unspecified atom stereocenters. The number of nitrogens with zero attached hydrogens (tertiary/aromatic N) is 3. The highest BCUT2D eigenvalue weighted by atomic mass is 127. The first-order valence-corrected chi connectivity index (χ1v) is 9.09. The molecule has 2 saturated heterocycles. The fourth-order valence-corrected chi connectivity index (χ4v) is 3.45. The molecule has 0 radical (unpaired) electrons. The minimum absolute atomic E-state index is 0. The van der Waals surface area contributed by atoms with Gasteiger partial charge in [-0.25, -0.2) is 0 Å². The van der Waals surface area contributed by atoms with E-state index in [0.717, 1.165) is 45.1 Å². The molecule has 8 nitrogen and oxygen atoms in total. The van der Waals surface area contributed by atoms with E-state index in [1.165, 1.54) is 6.26 Å². The van der Waals surface area contributed by atoms with Crippen LogP contribution in [0.5, 0.6) is 0 Å². The van der Waals surface area contributed by atoms with Crippen molar-refractivity contribution in [2.75, 3.05) is 60.1 Å². The third-order valence-corrected chi connectivity index (χ3v) is 5.22. The van der Waals surface area contributed by atoms with E-state index in [1.807, 2.05) is 4.90 Å². The first-order valence-electron chi connectivity index (χ1n) is 9.09. The summed E-state index contributed by atoms with van der Waals surface area (Å²) in [5.41, 5.74) is -0.203. The Labute approximate surface area is 177 Å². The number of amides is 1. The van der Waals surface area contributed by atoms with Gasteiger partial charge in [0.2, 0.25) is 0 Å². The van der Waals surface area contributed by atoms with Crippen LogP contribution in [-0.4, -0.2) is 87.4 Å². The summed E-state index contributed by atoms with van der Waals surface area (Å²) >= 11 is 0. The average molecular weight is 492 g/mol. The molecule has 0 atom stereocenters. The second kappa shape index (κ2) is 10.3. The van der Waals surface area contributed by atoms with E-state index in [1.54, 1.807) is 26.3 Å². The van der Waals surface area contributed by atoms with Gasteiger partial charge >= 0.3 is 0 Å². The number of rotatable bonds is 4. The van der Waals surface area contributed by atoms with Crippen LogP contribution in [0.25, 0.3) is 0 Å². The summed E-state index contributed by atoms with van der Waals surface area (Å²) in [5, 5.41) is 3.45. The van der Waals surface area contributed by atoms with Gasteiger partial charge in [0.25, 0.3) is 5.91 Å². The van der Waals surface area contributed by atoms with E-state index in [9.17, 15) is 4.79 Å². The number of nitrogens with one attached hydrogen (secondary N) is 1. The molecule has 1 aromatic rings. The van der Waals surface area contributed by atoms with E-state index in [4.69, 9.17) is 13.9 Å². The number of furan rings is 1. The molecule has 1 N–H and O–H groups in total. The number of piperazine rings is 1. The van der Waals surface area contributed by atoms with Crippen molar-refractivity contribution in [3.63, 3.8) is 0 Å². The molecule has 152 valence electrons. The number of methoxy groups -OCH3 is 1. The molecule has 1 amide bonds. The third kappa shape index (κ3) is 5.35. The predicted molar refractivity (Wildman–Crippen MR) is 113 cm³/mol. The highest BCUT2D eigenvalue weighted by molar-refractivity contribution is 14.0.